The SMILES string of the molecule is O=C(OCC1OC(Oc2cc(O)c3c(=O)cc(-c4ccc(O)c(O)c4)oc3c2)C(O)C(O)C1O)c1ccccc1. The molecule has 3 aromatic carbocycles. The van der Waals surface area contributed by atoms with Crippen LogP contribution in [-0.4, -0.2) is 73.9 Å². The zero-order chi connectivity index (χ0) is 28.6. The number of aliphatic hydroxyl groups excluding tert-OH is 3. The zero-order valence-electron chi connectivity index (χ0n) is 20.6. The molecule has 4 aromatic rings. The third-order valence-corrected chi connectivity index (χ3v) is 6.35. The highest BCUT2D eigenvalue weighted by Crippen LogP contribution is 2.35. The Balaban J connectivity index is 1.38. The second-order valence-corrected chi connectivity index (χ2v) is 9.09. The number of benzene rings is 3. The molecule has 0 saturated carbocycles. The van der Waals surface area contributed by atoms with Crippen molar-refractivity contribution in [2.45, 2.75) is 30.7 Å². The van der Waals surface area contributed by atoms with Gasteiger partial charge in [-0.05, 0) is 30.3 Å². The fourth-order valence-electron chi connectivity index (χ4n) is 4.23. The van der Waals surface area contributed by atoms with Crippen molar-refractivity contribution >= 4 is 16.9 Å². The summed E-state index contributed by atoms with van der Waals surface area (Å²) >= 11 is 0. The summed E-state index contributed by atoms with van der Waals surface area (Å²) in [5.74, 6) is -2.13. The number of ether oxygens (including phenoxy) is 3. The van der Waals surface area contributed by atoms with Crippen LogP contribution in [-0.2, 0) is 9.47 Å². The quantitative estimate of drug-likeness (QED) is 0.150. The van der Waals surface area contributed by atoms with E-state index in [4.69, 9.17) is 18.6 Å². The summed E-state index contributed by atoms with van der Waals surface area (Å²) in [6.07, 6.45) is -7.96. The van der Waals surface area contributed by atoms with E-state index in [-0.39, 0.29) is 39.4 Å². The molecule has 5 unspecified atom stereocenters. The number of carbonyl (C=O) groups excluding carboxylic acids is 1. The number of hydrogen-bond acceptors (Lipinski definition) is 12. The van der Waals surface area contributed by atoms with Crippen molar-refractivity contribution < 1.29 is 54.1 Å². The standard InChI is InChI=1S/C28H24O12/c29-16-7-6-14(8-17(16)30)20-11-19(32)23-18(31)9-15(10-21(23)39-20)38-28-26(35)25(34)24(33)22(40-28)12-37-27(36)13-4-2-1-3-5-13/h1-11,22,24-26,28-31,33-35H,12H2. The zero-order valence-corrected chi connectivity index (χ0v) is 20.6. The van der Waals surface area contributed by atoms with Gasteiger partial charge in [0, 0.05) is 23.8 Å². The largest absolute Gasteiger partial charge is 0.507 e. The number of carbonyl (C=O) groups is 1. The van der Waals surface area contributed by atoms with Gasteiger partial charge in [0.05, 0.1) is 5.56 Å². The molecule has 0 amide bonds. The molecule has 0 bridgehead atoms. The molecule has 0 aliphatic carbocycles. The summed E-state index contributed by atoms with van der Waals surface area (Å²) in [6.45, 7) is -0.473. The van der Waals surface area contributed by atoms with Crippen LogP contribution in [0.5, 0.6) is 23.0 Å². The van der Waals surface area contributed by atoms with Crippen LogP contribution in [0, 0.1) is 0 Å². The number of phenols is 3. The molecule has 5 rings (SSSR count). The van der Waals surface area contributed by atoms with E-state index >= 15 is 0 Å². The molecule has 208 valence electrons. The molecule has 1 saturated heterocycles. The summed E-state index contributed by atoms with van der Waals surface area (Å²) in [5.41, 5.74) is -0.211. The summed E-state index contributed by atoms with van der Waals surface area (Å²) in [6, 6.07) is 15.3. The Hall–Kier alpha value is -4.62. The maximum absolute atomic E-state index is 12.7. The lowest BCUT2D eigenvalue weighted by Crippen LogP contribution is -2.60. The smallest absolute Gasteiger partial charge is 0.338 e. The maximum atomic E-state index is 12.7. The van der Waals surface area contributed by atoms with Crippen molar-refractivity contribution in [2.24, 2.45) is 0 Å². The van der Waals surface area contributed by atoms with E-state index in [0.717, 1.165) is 12.1 Å². The number of aromatic hydroxyl groups is 3. The molecule has 12 heteroatoms. The van der Waals surface area contributed by atoms with Gasteiger partial charge >= 0.3 is 5.97 Å². The lowest BCUT2D eigenvalue weighted by atomic mass is 9.99. The van der Waals surface area contributed by atoms with Gasteiger partial charge in [-0.3, -0.25) is 4.79 Å². The molecule has 1 aliphatic rings. The van der Waals surface area contributed by atoms with Gasteiger partial charge in [-0.2, -0.15) is 0 Å². The molecular formula is C28H24O12. The normalized spacial score (nSPS) is 22.6. The Bertz CT molecular complexity index is 1600. The number of hydrogen-bond donors (Lipinski definition) is 6. The van der Waals surface area contributed by atoms with E-state index in [0.29, 0.717) is 0 Å². The minimum absolute atomic E-state index is 0.0112. The second-order valence-electron chi connectivity index (χ2n) is 9.09. The predicted octanol–water partition coefficient (Wildman–Crippen LogP) is 1.62. The third kappa shape index (κ3) is 5.28. The third-order valence-electron chi connectivity index (χ3n) is 6.35. The topological polar surface area (TPSA) is 196 Å². The van der Waals surface area contributed by atoms with E-state index in [9.17, 15) is 40.2 Å². The van der Waals surface area contributed by atoms with E-state index in [1.165, 1.54) is 36.4 Å². The molecule has 1 fully saturated rings. The molecule has 12 nitrogen and oxygen atoms in total. The maximum Gasteiger partial charge on any atom is 0.338 e. The molecule has 0 spiro atoms. The van der Waals surface area contributed by atoms with E-state index < -0.39 is 60.2 Å². The van der Waals surface area contributed by atoms with Crippen molar-refractivity contribution in [3.05, 3.63) is 82.5 Å². The molecule has 6 N–H and O–H groups in total. The van der Waals surface area contributed by atoms with Crippen LogP contribution in [0.3, 0.4) is 0 Å². The number of aliphatic hydroxyl groups is 3. The number of fused-ring (bicyclic) bond motifs is 1. The molecule has 2 heterocycles. The Labute approximate surface area is 225 Å². The van der Waals surface area contributed by atoms with Gasteiger partial charge in [0.2, 0.25) is 6.29 Å². The first-order valence-electron chi connectivity index (χ1n) is 12.0. The molecule has 1 aromatic heterocycles. The van der Waals surface area contributed by atoms with Crippen LogP contribution in [0.1, 0.15) is 10.4 Å². The summed E-state index contributed by atoms with van der Waals surface area (Å²) in [4.78, 5) is 25.0. The van der Waals surface area contributed by atoms with E-state index in [1.54, 1.807) is 18.2 Å². The van der Waals surface area contributed by atoms with Gasteiger partial charge in [-0.1, -0.05) is 18.2 Å². The molecule has 1 aliphatic heterocycles. The van der Waals surface area contributed by atoms with Crippen molar-refractivity contribution in [1.82, 2.24) is 0 Å². The number of rotatable bonds is 6. The second kappa shape index (κ2) is 10.9. The summed E-state index contributed by atoms with van der Waals surface area (Å²) < 4.78 is 22.1. The van der Waals surface area contributed by atoms with Gasteiger partial charge < -0.3 is 49.3 Å². The van der Waals surface area contributed by atoms with Crippen LogP contribution in [0.4, 0.5) is 0 Å². The molecular weight excluding hydrogens is 528 g/mol. The van der Waals surface area contributed by atoms with Gasteiger partial charge in [-0.15, -0.1) is 0 Å². The van der Waals surface area contributed by atoms with Crippen molar-refractivity contribution in [3.63, 3.8) is 0 Å². The van der Waals surface area contributed by atoms with E-state index in [1.807, 2.05) is 0 Å². The highest BCUT2D eigenvalue weighted by atomic mass is 16.7. The number of phenolic OH excluding ortho intramolecular Hbond substituents is 3. The minimum Gasteiger partial charge on any atom is -0.507 e. The van der Waals surface area contributed by atoms with Gasteiger partial charge in [-0.25, -0.2) is 4.79 Å². The van der Waals surface area contributed by atoms with Crippen molar-refractivity contribution in [1.29, 1.82) is 0 Å². The molecule has 5 atom stereocenters. The predicted molar refractivity (Wildman–Crippen MR) is 137 cm³/mol. The van der Waals surface area contributed by atoms with Crippen LogP contribution < -0.4 is 10.2 Å². The Morgan fingerprint density at radius 1 is 0.825 bits per heavy atom. The lowest BCUT2D eigenvalue weighted by molar-refractivity contribution is -0.277. The Morgan fingerprint density at radius 2 is 1.57 bits per heavy atom. The minimum atomic E-state index is -1.74. The fraction of sp³-hybridized carbons (Fsp3) is 0.214. The van der Waals surface area contributed by atoms with Gasteiger partial charge in [0.1, 0.15) is 59.3 Å². The number of esters is 1. The van der Waals surface area contributed by atoms with Crippen LogP contribution in [0.15, 0.2) is 75.9 Å². The first-order chi connectivity index (χ1) is 19.1. The first-order valence-corrected chi connectivity index (χ1v) is 12.0. The summed E-state index contributed by atoms with van der Waals surface area (Å²) in [5, 5.41) is 60.9. The van der Waals surface area contributed by atoms with Crippen LogP contribution in [0.2, 0.25) is 0 Å². The lowest BCUT2D eigenvalue weighted by Gasteiger charge is -2.39. The van der Waals surface area contributed by atoms with Gasteiger partial charge in [0.25, 0.3) is 0 Å². The van der Waals surface area contributed by atoms with Gasteiger partial charge in [0.15, 0.2) is 16.9 Å². The highest BCUT2D eigenvalue weighted by molar-refractivity contribution is 5.89. The first kappa shape index (κ1) is 27.0. The van der Waals surface area contributed by atoms with Crippen molar-refractivity contribution in [2.75, 3.05) is 6.61 Å². The molecule has 0 radical (unpaired) electrons. The monoisotopic (exact) mass is 552 g/mol. The molecule has 40 heavy (non-hydrogen) atoms. The fourth-order valence-corrected chi connectivity index (χ4v) is 4.23. The average molecular weight is 552 g/mol. The average Bonchev–Trinajstić information content (AvgIpc) is 2.94. The Kier molecular flexibility index (Phi) is 7.32. The summed E-state index contributed by atoms with van der Waals surface area (Å²) in [7, 11) is 0. The van der Waals surface area contributed by atoms with E-state index in [2.05, 4.69) is 0 Å². The van der Waals surface area contributed by atoms with Crippen molar-refractivity contribution in [3.8, 4) is 34.3 Å². The van der Waals surface area contributed by atoms with Crippen LogP contribution in [0.25, 0.3) is 22.3 Å². The Morgan fingerprint density at radius 3 is 2.30 bits per heavy atom. The van der Waals surface area contributed by atoms with Crippen LogP contribution >= 0.6 is 0 Å². The highest BCUT2D eigenvalue weighted by Gasteiger charge is 2.45.